The van der Waals surface area contributed by atoms with Crippen LogP contribution in [0, 0.1) is 0 Å². The normalized spacial score (nSPS) is 13.0. The molecule has 0 saturated carbocycles. The number of halogens is 9. The number of nitrogens with zero attached hydrogens (tertiary/aromatic N) is 1. The lowest BCUT2D eigenvalue weighted by Gasteiger charge is -2.27. The van der Waals surface area contributed by atoms with Crippen LogP contribution >= 0.6 is 23.2 Å². The van der Waals surface area contributed by atoms with Crippen LogP contribution in [-0.4, -0.2) is 24.4 Å². The monoisotopic (exact) mass is 462 g/mol. The van der Waals surface area contributed by atoms with Crippen molar-refractivity contribution in [1.29, 1.82) is 0 Å². The van der Waals surface area contributed by atoms with Crippen molar-refractivity contribution in [3.63, 3.8) is 0 Å². The molecule has 0 fully saturated rings. The van der Waals surface area contributed by atoms with E-state index in [4.69, 9.17) is 27.9 Å². The predicted octanol–water partition coefficient (Wildman–Crippen LogP) is 6.29. The molecule has 29 heavy (non-hydrogen) atoms. The lowest BCUT2D eigenvalue weighted by molar-refractivity contribution is -0.361. The van der Waals surface area contributed by atoms with Gasteiger partial charge in [0.25, 0.3) is 0 Å². The van der Waals surface area contributed by atoms with Crippen molar-refractivity contribution in [2.24, 2.45) is 5.10 Å². The van der Waals surface area contributed by atoms with Gasteiger partial charge in [-0.05, 0) is 29.8 Å². The van der Waals surface area contributed by atoms with Crippen LogP contribution in [0.25, 0.3) is 0 Å². The third-order valence-electron chi connectivity index (χ3n) is 3.46. The van der Waals surface area contributed by atoms with Crippen molar-refractivity contribution in [3.05, 3.63) is 63.6 Å². The van der Waals surface area contributed by atoms with E-state index in [0.717, 1.165) is 0 Å². The van der Waals surface area contributed by atoms with Crippen molar-refractivity contribution in [2.75, 3.05) is 0 Å². The third kappa shape index (κ3) is 5.45. The largest absolute Gasteiger partial charge is 0.488 e. The first-order valence-electron chi connectivity index (χ1n) is 7.63. The summed E-state index contributed by atoms with van der Waals surface area (Å²) in [5.74, 6) is -6.21. The third-order valence-corrected chi connectivity index (χ3v) is 4.20. The molecule has 0 heterocycles. The van der Waals surface area contributed by atoms with E-state index in [-0.39, 0.29) is 22.9 Å². The molecule has 0 aliphatic heterocycles. The molecular formula is C17H11Cl2F7N2O. The van der Waals surface area contributed by atoms with Gasteiger partial charge in [0.15, 0.2) is 0 Å². The Morgan fingerprint density at radius 2 is 1.59 bits per heavy atom. The van der Waals surface area contributed by atoms with Gasteiger partial charge in [0.1, 0.15) is 12.4 Å². The molecule has 2 aromatic rings. The molecule has 0 bridgehead atoms. The molecular weight excluding hydrogens is 452 g/mol. The second-order valence-electron chi connectivity index (χ2n) is 5.59. The van der Waals surface area contributed by atoms with E-state index < -0.39 is 18.1 Å². The Bertz CT molecular complexity index is 888. The maximum atomic E-state index is 13.2. The van der Waals surface area contributed by atoms with Crippen molar-refractivity contribution < 1.29 is 35.5 Å². The van der Waals surface area contributed by atoms with E-state index in [1.54, 1.807) is 6.07 Å². The van der Waals surface area contributed by atoms with Gasteiger partial charge in [0.2, 0.25) is 0 Å². The van der Waals surface area contributed by atoms with E-state index in [1.165, 1.54) is 36.4 Å². The molecule has 158 valence electrons. The van der Waals surface area contributed by atoms with Crippen molar-refractivity contribution in [1.82, 2.24) is 5.43 Å². The topological polar surface area (TPSA) is 33.6 Å². The van der Waals surface area contributed by atoms with E-state index in [1.807, 2.05) is 0 Å². The highest BCUT2D eigenvalue weighted by atomic mass is 35.5. The minimum Gasteiger partial charge on any atom is -0.488 e. The Hall–Kier alpha value is -2.20. The van der Waals surface area contributed by atoms with Gasteiger partial charge in [0, 0.05) is 5.56 Å². The number of rotatable bonds is 7. The lowest BCUT2D eigenvalue weighted by atomic mass is 10.2. The van der Waals surface area contributed by atoms with E-state index in [0.29, 0.717) is 22.2 Å². The molecule has 0 saturated heterocycles. The molecule has 0 radical (unpaired) electrons. The molecule has 2 rings (SSSR count). The molecule has 0 aromatic heterocycles. The van der Waals surface area contributed by atoms with Crippen molar-refractivity contribution >= 4 is 29.4 Å². The predicted molar refractivity (Wildman–Crippen MR) is 93.9 cm³/mol. The number of hydrogen-bond acceptors (Lipinski definition) is 3. The highest BCUT2D eigenvalue weighted by molar-refractivity contribution is 6.42. The van der Waals surface area contributed by atoms with Gasteiger partial charge in [-0.3, -0.25) is 0 Å². The van der Waals surface area contributed by atoms with Crippen LogP contribution in [0.5, 0.6) is 5.75 Å². The van der Waals surface area contributed by atoms with Gasteiger partial charge in [-0.15, -0.1) is 0 Å². The number of ether oxygens (including phenoxy) is 1. The number of para-hydroxylation sites is 1. The highest BCUT2D eigenvalue weighted by Gasteiger charge is 2.73. The summed E-state index contributed by atoms with van der Waals surface area (Å²) >= 11 is 11.7. The Morgan fingerprint density at radius 1 is 0.931 bits per heavy atom. The van der Waals surface area contributed by atoms with Crippen LogP contribution in [0.1, 0.15) is 11.1 Å². The van der Waals surface area contributed by atoms with Gasteiger partial charge in [-0.1, -0.05) is 41.4 Å². The zero-order valence-electron chi connectivity index (χ0n) is 14.1. The summed E-state index contributed by atoms with van der Waals surface area (Å²) in [6.07, 6.45) is -5.83. The number of hydrogen-bond donors (Lipinski definition) is 1. The average molecular weight is 463 g/mol. The first kappa shape index (κ1) is 23.1. The molecule has 0 aliphatic carbocycles. The summed E-state index contributed by atoms with van der Waals surface area (Å²) < 4.78 is 93.8. The number of nitrogens with one attached hydrogen (secondary N) is 1. The fourth-order valence-corrected chi connectivity index (χ4v) is 2.26. The molecule has 2 aromatic carbocycles. The maximum absolute atomic E-state index is 13.2. The second kappa shape index (κ2) is 8.66. The second-order valence-corrected chi connectivity index (χ2v) is 6.41. The zero-order chi connectivity index (χ0) is 21.9. The Morgan fingerprint density at radius 3 is 2.21 bits per heavy atom. The molecule has 0 atom stereocenters. The van der Waals surface area contributed by atoms with Crippen LogP contribution in [0.15, 0.2) is 47.6 Å². The molecule has 12 heteroatoms. The minimum absolute atomic E-state index is 0.0164. The van der Waals surface area contributed by atoms with Crippen LogP contribution in [0.2, 0.25) is 10.0 Å². The summed E-state index contributed by atoms with van der Waals surface area (Å²) in [5, 5.41) is 3.41. The SMILES string of the molecule is FC(F)(F)C(F)(F)C(F)(F)N/N=C/c1ccccc1OCc1ccc(Cl)c(Cl)c1. The molecule has 0 aliphatic rings. The zero-order valence-corrected chi connectivity index (χ0v) is 15.6. The van der Waals surface area contributed by atoms with E-state index >= 15 is 0 Å². The molecule has 0 spiro atoms. The van der Waals surface area contributed by atoms with Crippen molar-refractivity contribution in [3.8, 4) is 5.75 Å². The summed E-state index contributed by atoms with van der Waals surface area (Å²) in [6, 6.07) is 4.75. The van der Waals surface area contributed by atoms with Gasteiger partial charge < -0.3 is 4.74 Å². The standard InChI is InChI=1S/C17H11Cl2F7N2O/c18-12-6-5-10(7-13(12)19)9-29-14-4-2-1-3-11(14)8-27-28-17(25,26)15(20,21)16(22,23)24/h1-8,28H,9H2/b27-8+. The van der Waals surface area contributed by atoms with Crippen molar-refractivity contribution in [2.45, 2.75) is 24.8 Å². The highest BCUT2D eigenvalue weighted by Crippen LogP contribution is 2.45. The number of alkyl halides is 7. The Labute approximate surface area is 170 Å². The molecule has 3 nitrogen and oxygen atoms in total. The van der Waals surface area contributed by atoms with E-state index in [2.05, 4.69) is 5.10 Å². The first-order valence-corrected chi connectivity index (χ1v) is 8.39. The first-order chi connectivity index (χ1) is 13.3. The fourth-order valence-electron chi connectivity index (χ4n) is 1.94. The quantitative estimate of drug-likeness (QED) is 0.227. The Balaban J connectivity index is 2.11. The van der Waals surface area contributed by atoms with Gasteiger partial charge in [-0.25, -0.2) is 5.43 Å². The van der Waals surface area contributed by atoms with Gasteiger partial charge in [-0.2, -0.15) is 35.8 Å². The van der Waals surface area contributed by atoms with Crippen LogP contribution in [0.3, 0.4) is 0 Å². The number of hydrazone groups is 1. The summed E-state index contributed by atoms with van der Waals surface area (Å²) in [7, 11) is 0. The smallest absolute Gasteiger partial charge is 0.462 e. The minimum atomic E-state index is -6.46. The Kier molecular flexibility index (Phi) is 6.89. The fraction of sp³-hybridized carbons (Fsp3) is 0.235. The van der Waals surface area contributed by atoms with Crippen LogP contribution < -0.4 is 10.2 Å². The molecule has 1 N–H and O–H groups in total. The van der Waals surface area contributed by atoms with Crippen LogP contribution in [0.4, 0.5) is 30.7 Å². The molecule has 0 amide bonds. The lowest BCUT2D eigenvalue weighted by Crippen LogP contribution is -2.58. The van der Waals surface area contributed by atoms with Gasteiger partial charge >= 0.3 is 18.1 Å². The summed E-state index contributed by atoms with van der Waals surface area (Å²) in [5.41, 5.74) is 1.21. The molecule has 0 unspecified atom stereocenters. The van der Waals surface area contributed by atoms with Crippen LogP contribution in [-0.2, 0) is 6.61 Å². The van der Waals surface area contributed by atoms with E-state index in [9.17, 15) is 30.7 Å². The number of benzene rings is 2. The average Bonchev–Trinajstić information content (AvgIpc) is 2.62. The maximum Gasteiger partial charge on any atom is 0.462 e. The summed E-state index contributed by atoms with van der Waals surface area (Å²) in [6.45, 7) is -0.0164. The summed E-state index contributed by atoms with van der Waals surface area (Å²) in [4.78, 5) is 0. The van der Waals surface area contributed by atoms with Gasteiger partial charge in [0.05, 0.1) is 16.3 Å².